The van der Waals surface area contributed by atoms with E-state index in [1.54, 1.807) is 0 Å². The molecule has 3 aliphatic heterocycles. The first-order chi connectivity index (χ1) is 9.74. The molecule has 0 spiro atoms. The van der Waals surface area contributed by atoms with Gasteiger partial charge in [-0.25, -0.2) is 0 Å². The van der Waals surface area contributed by atoms with E-state index in [4.69, 9.17) is 0 Å². The average Bonchev–Trinajstić information content (AvgIpc) is 2.94. The van der Waals surface area contributed by atoms with Crippen molar-refractivity contribution in [2.75, 3.05) is 26.2 Å². The molecule has 0 aromatic carbocycles. The van der Waals surface area contributed by atoms with Crippen LogP contribution in [0.5, 0.6) is 0 Å². The Morgan fingerprint density at radius 1 is 1.00 bits per heavy atom. The lowest BCUT2D eigenvalue weighted by Crippen LogP contribution is -2.51. The number of nitrogens with one attached hydrogen (secondary N) is 1. The van der Waals surface area contributed by atoms with E-state index < -0.39 is 0 Å². The van der Waals surface area contributed by atoms with E-state index in [1.165, 1.54) is 32.4 Å². The van der Waals surface area contributed by atoms with Gasteiger partial charge in [0, 0.05) is 25.6 Å². The van der Waals surface area contributed by atoms with Gasteiger partial charge in [-0.1, -0.05) is 6.42 Å². The third-order valence-electron chi connectivity index (χ3n) is 4.98. The van der Waals surface area contributed by atoms with Crippen molar-refractivity contribution in [3.05, 3.63) is 0 Å². The molecule has 1 N–H and O–H groups in total. The number of hydrogen-bond acceptors (Lipinski definition) is 3. The SMILES string of the molecule is O=C1CCC(C(=O)N2CCC(N3CCCCC3)CC2)N1. The van der Waals surface area contributed by atoms with Gasteiger partial charge in [0.2, 0.25) is 11.8 Å². The summed E-state index contributed by atoms with van der Waals surface area (Å²) in [6.45, 7) is 4.17. The topological polar surface area (TPSA) is 52.7 Å². The molecule has 0 aromatic heterocycles. The van der Waals surface area contributed by atoms with E-state index in [0.717, 1.165) is 25.9 Å². The van der Waals surface area contributed by atoms with Gasteiger partial charge in [0.15, 0.2) is 0 Å². The van der Waals surface area contributed by atoms with Crippen LogP contribution in [0, 0.1) is 0 Å². The lowest BCUT2D eigenvalue weighted by Gasteiger charge is -2.40. The van der Waals surface area contributed by atoms with Crippen LogP contribution in [0.3, 0.4) is 0 Å². The highest BCUT2D eigenvalue weighted by atomic mass is 16.2. The minimum absolute atomic E-state index is 0.0200. The quantitative estimate of drug-likeness (QED) is 0.811. The molecule has 3 saturated heterocycles. The highest BCUT2D eigenvalue weighted by molar-refractivity contribution is 5.90. The summed E-state index contributed by atoms with van der Waals surface area (Å²) in [4.78, 5) is 28.1. The van der Waals surface area contributed by atoms with Crippen molar-refractivity contribution in [2.24, 2.45) is 0 Å². The molecule has 5 heteroatoms. The predicted molar refractivity (Wildman–Crippen MR) is 76.2 cm³/mol. The van der Waals surface area contributed by atoms with Crippen molar-refractivity contribution in [1.82, 2.24) is 15.1 Å². The Hall–Kier alpha value is -1.10. The lowest BCUT2D eigenvalue weighted by atomic mass is 9.99. The van der Waals surface area contributed by atoms with Crippen LogP contribution in [-0.4, -0.2) is 59.9 Å². The molecule has 0 saturated carbocycles. The van der Waals surface area contributed by atoms with Gasteiger partial charge in [0.25, 0.3) is 0 Å². The van der Waals surface area contributed by atoms with Gasteiger partial charge in [0.05, 0.1) is 0 Å². The Bertz CT molecular complexity index is 371. The number of hydrogen-bond donors (Lipinski definition) is 1. The van der Waals surface area contributed by atoms with E-state index in [9.17, 15) is 9.59 Å². The number of piperidine rings is 2. The Balaban J connectivity index is 1.48. The van der Waals surface area contributed by atoms with E-state index in [2.05, 4.69) is 10.2 Å². The van der Waals surface area contributed by atoms with Crippen molar-refractivity contribution < 1.29 is 9.59 Å². The van der Waals surface area contributed by atoms with E-state index in [0.29, 0.717) is 18.9 Å². The number of amides is 2. The summed E-state index contributed by atoms with van der Waals surface area (Å²) in [5, 5.41) is 2.78. The molecule has 3 heterocycles. The molecule has 20 heavy (non-hydrogen) atoms. The highest BCUT2D eigenvalue weighted by Gasteiger charge is 2.33. The zero-order valence-electron chi connectivity index (χ0n) is 12.1. The van der Waals surface area contributed by atoms with E-state index in [1.807, 2.05) is 4.90 Å². The summed E-state index contributed by atoms with van der Waals surface area (Å²) in [5.74, 6) is 0.152. The van der Waals surface area contributed by atoms with Crippen LogP contribution >= 0.6 is 0 Å². The molecule has 1 unspecified atom stereocenters. The fraction of sp³-hybridized carbons (Fsp3) is 0.867. The summed E-state index contributed by atoms with van der Waals surface area (Å²) < 4.78 is 0. The normalized spacial score (nSPS) is 29.5. The molecular formula is C15H25N3O2. The summed E-state index contributed by atoms with van der Waals surface area (Å²) in [6, 6.07) is 0.409. The monoisotopic (exact) mass is 279 g/mol. The zero-order chi connectivity index (χ0) is 13.9. The molecular weight excluding hydrogens is 254 g/mol. The van der Waals surface area contributed by atoms with Gasteiger partial charge in [0.1, 0.15) is 6.04 Å². The summed E-state index contributed by atoms with van der Waals surface area (Å²) in [7, 11) is 0. The second-order valence-electron chi connectivity index (χ2n) is 6.31. The third-order valence-corrected chi connectivity index (χ3v) is 4.98. The van der Waals surface area contributed by atoms with Crippen LogP contribution in [0.2, 0.25) is 0 Å². The van der Waals surface area contributed by atoms with E-state index >= 15 is 0 Å². The largest absolute Gasteiger partial charge is 0.344 e. The Morgan fingerprint density at radius 3 is 2.30 bits per heavy atom. The summed E-state index contributed by atoms with van der Waals surface area (Å²) in [6.07, 6.45) is 7.37. The predicted octanol–water partition coefficient (Wildman–Crippen LogP) is 0.742. The second kappa shape index (κ2) is 6.12. The first-order valence-corrected chi connectivity index (χ1v) is 8.06. The number of rotatable bonds is 2. The molecule has 3 fully saturated rings. The number of nitrogens with zero attached hydrogens (tertiary/aromatic N) is 2. The molecule has 1 atom stereocenters. The molecule has 5 nitrogen and oxygen atoms in total. The van der Waals surface area contributed by atoms with Gasteiger partial charge < -0.3 is 15.1 Å². The van der Waals surface area contributed by atoms with Crippen molar-refractivity contribution in [2.45, 2.75) is 57.0 Å². The molecule has 2 amide bonds. The maximum Gasteiger partial charge on any atom is 0.245 e. The van der Waals surface area contributed by atoms with Gasteiger partial charge in [-0.05, 0) is 45.2 Å². The van der Waals surface area contributed by atoms with Gasteiger partial charge in [-0.15, -0.1) is 0 Å². The molecule has 0 aromatic rings. The summed E-state index contributed by atoms with van der Waals surface area (Å²) in [5.41, 5.74) is 0. The molecule has 0 radical (unpaired) electrons. The van der Waals surface area contributed by atoms with Crippen molar-refractivity contribution in [1.29, 1.82) is 0 Å². The Kier molecular flexibility index (Phi) is 4.24. The van der Waals surface area contributed by atoms with Crippen LogP contribution in [-0.2, 0) is 9.59 Å². The fourth-order valence-electron chi connectivity index (χ4n) is 3.75. The lowest BCUT2D eigenvalue weighted by molar-refractivity contribution is -0.135. The van der Waals surface area contributed by atoms with Crippen molar-refractivity contribution in [3.8, 4) is 0 Å². The van der Waals surface area contributed by atoms with Gasteiger partial charge in [-0.2, -0.15) is 0 Å². The van der Waals surface area contributed by atoms with E-state index in [-0.39, 0.29) is 17.9 Å². The molecule has 3 aliphatic rings. The number of likely N-dealkylation sites (tertiary alicyclic amines) is 2. The molecule has 112 valence electrons. The first kappa shape index (κ1) is 13.9. The molecule has 0 bridgehead atoms. The van der Waals surface area contributed by atoms with Gasteiger partial charge in [-0.3, -0.25) is 9.59 Å². The second-order valence-corrected chi connectivity index (χ2v) is 6.31. The third kappa shape index (κ3) is 2.97. The standard InChI is InChI=1S/C15H25N3O2/c19-14-5-4-13(16-14)15(20)18-10-6-12(7-11-18)17-8-2-1-3-9-17/h12-13H,1-11H2,(H,16,19). The van der Waals surface area contributed by atoms with Crippen LogP contribution in [0.15, 0.2) is 0 Å². The fourth-order valence-corrected chi connectivity index (χ4v) is 3.75. The van der Waals surface area contributed by atoms with Gasteiger partial charge >= 0.3 is 0 Å². The van der Waals surface area contributed by atoms with Crippen LogP contribution < -0.4 is 5.32 Å². The maximum atomic E-state index is 12.3. The van der Waals surface area contributed by atoms with Crippen LogP contribution in [0.25, 0.3) is 0 Å². The highest BCUT2D eigenvalue weighted by Crippen LogP contribution is 2.22. The minimum Gasteiger partial charge on any atom is -0.344 e. The van der Waals surface area contributed by atoms with Crippen LogP contribution in [0.1, 0.15) is 44.9 Å². The molecule has 3 rings (SSSR count). The van der Waals surface area contributed by atoms with Crippen LogP contribution in [0.4, 0.5) is 0 Å². The first-order valence-electron chi connectivity index (χ1n) is 8.06. The smallest absolute Gasteiger partial charge is 0.245 e. The number of carbonyl (C=O) groups excluding carboxylic acids is 2. The zero-order valence-corrected chi connectivity index (χ0v) is 12.1. The maximum absolute atomic E-state index is 12.3. The van der Waals surface area contributed by atoms with Crippen molar-refractivity contribution in [3.63, 3.8) is 0 Å². The summed E-state index contributed by atoms with van der Waals surface area (Å²) >= 11 is 0. The average molecular weight is 279 g/mol. The Morgan fingerprint density at radius 2 is 1.70 bits per heavy atom. The minimum atomic E-state index is -0.256. The molecule has 0 aliphatic carbocycles. The Labute approximate surface area is 120 Å². The van der Waals surface area contributed by atoms with Crippen molar-refractivity contribution >= 4 is 11.8 Å². The number of carbonyl (C=O) groups is 2.